The van der Waals surface area contributed by atoms with E-state index in [1.165, 1.54) is 5.57 Å². The molecule has 1 aromatic carbocycles. The molecule has 0 aliphatic heterocycles. The molecule has 0 saturated heterocycles. The number of rotatable bonds is 2. The fourth-order valence-electron chi connectivity index (χ4n) is 4.28. The van der Waals surface area contributed by atoms with Crippen molar-refractivity contribution in [2.45, 2.75) is 34.1 Å². The number of fused-ring (bicyclic) bond motifs is 3. The molecule has 0 unspecified atom stereocenters. The van der Waals surface area contributed by atoms with Gasteiger partial charge in [-0.2, -0.15) is 5.10 Å². The van der Waals surface area contributed by atoms with E-state index in [1.807, 2.05) is 25.1 Å². The first-order valence-electron chi connectivity index (χ1n) is 9.34. The molecule has 4 rings (SSSR count). The molecule has 1 aliphatic carbocycles. The van der Waals surface area contributed by atoms with Gasteiger partial charge in [-0.05, 0) is 44.2 Å². The normalized spacial score (nSPS) is 23.4. The molecule has 2 aromatic heterocycles. The molecule has 3 atom stereocenters. The van der Waals surface area contributed by atoms with E-state index in [0.29, 0.717) is 22.9 Å². The molecule has 0 saturated carbocycles. The lowest BCUT2D eigenvalue weighted by Gasteiger charge is -2.29. The summed E-state index contributed by atoms with van der Waals surface area (Å²) in [7, 11) is 0. The smallest absolute Gasteiger partial charge is 0.349 e. The van der Waals surface area contributed by atoms with E-state index >= 15 is 0 Å². The highest BCUT2D eigenvalue weighted by Gasteiger charge is 2.25. The minimum Gasteiger partial charge on any atom is -0.349 e. The quantitative estimate of drug-likeness (QED) is 0.538. The van der Waals surface area contributed by atoms with E-state index in [9.17, 15) is 9.59 Å². The summed E-state index contributed by atoms with van der Waals surface area (Å²) in [6.07, 6.45) is 5.01. The number of nitrogens with one attached hydrogen (secondary N) is 2. The first kappa shape index (κ1) is 17.5. The van der Waals surface area contributed by atoms with Gasteiger partial charge in [0.15, 0.2) is 0 Å². The zero-order chi connectivity index (χ0) is 19.3. The van der Waals surface area contributed by atoms with Crippen molar-refractivity contribution in [3.8, 4) is 0 Å². The van der Waals surface area contributed by atoms with Crippen molar-refractivity contribution in [2.75, 3.05) is 0 Å². The molecule has 27 heavy (non-hydrogen) atoms. The molecule has 6 heteroatoms. The SMILES string of the molecule is CC1=C[C@@H](C)[C@H](/C=N\n2c(=O)[nH]c3c([nH]c4ccc(C)cc43)c2=O)[C@H](C)C1. The number of allylic oxidation sites excluding steroid dienone is 2. The van der Waals surface area contributed by atoms with Crippen LogP contribution in [0.2, 0.25) is 0 Å². The van der Waals surface area contributed by atoms with Gasteiger partial charge >= 0.3 is 11.2 Å². The Kier molecular flexibility index (Phi) is 4.13. The molecule has 0 radical (unpaired) electrons. The van der Waals surface area contributed by atoms with Crippen LogP contribution in [-0.4, -0.2) is 20.9 Å². The van der Waals surface area contributed by atoms with Gasteiger partial charge in [0.25, 0.3) is 0 Å². The van der Waals surface area contributed by atoms with Gasteiger partial charge in [0.2, 0.25) is 0 Å². The average molecular weight is 364 g/mol. The Hall–Kier alpha value is -2.89. The van der Waals surface area contributed by atoms with Crippen LogP contribution in [0, 0.1) is 24.7 Å². The maximum Gasteiger partial charge on any atom is 0.350 e. The summed E-state index contributed by atoms with van der Waals surface area (Å²) in [6.45, 7) is 8.44. The molecule has 2 N–H and O–H groups in total. The third kappa shape index (κ3) is 2.95. The van der Waals surface area contributed by atoms with E-state index in [1.54, 1.807) is 6.21 Å². The van der Waals surface area contributed by atoms with E-state index < -0.39 is 11.2 Å². The average Bonchev–Trinajstić information content (AvgIpc) is 2.94. The summed E-state index contributed by atoms with van der Waals surface area (Å²) < 4.78 is 0.926. The summed E-state index contributed by atoms with van der Waals surface area (Å²) >= 11 is 0. The molecule has 0 amide bonds. The van der Waals surface area contributed by atoms with Crippen LogP contribution >= 0.6 is 0 Å². The maximum absolute atomic E-state index is 12.9. The van der Waals surface area contributed by atoms with Crippen molar-refractivity contribution in [3.05, 3.63) is 56.2 Å². The monoisotopic (exact) mass is 364 g/mol. The predicted molar refractivity (Wildman–Crippen MR) is 110 cm³/mol. The van der Waals surface area contributed by atoms with Crippen LogP contribution in [0.5, 0.6) is 0 Å². The first-order valence-corrected chi connectivity index (χ1v) is 9.34. The second kappa shape index (κ2) is 6.37. The highest BCUT2D eigenvalue weighted by molar-refractivity contribution is 6.04. The van der Waals surface area contributed by atoms with Crippen molar-refractivity contribution in [3.63, 3.8) is 0 Å². The van der Waals surface area contributed by atoms with Gasteiger partial charge in [0, 0.05) is 23.0 Å². The fourth-order valence-corrected chi connectivity index (χ4v) is 4.28. The van der Waals surface area contributed by atoms with E-state index in [-0.39, 0.29) is 5.92 Å². The van der Waals surface area contributed by atoms with Gasteiger partial charge in [-0.15, -0.1) is 4.68 Å². The van der Waals surface area contributed by atoms with Crippen LogP contribution in [0.4, 0.5) is 0 Å². The van der Waals surface area contributed by atoms with Crippen LogP contribution in [-0.2, 0) is 0 Å². The number of hydrogen-bond acceptors (Lipinski definition) is 3. The highest BCUT2D eigenvalue weighted by atomic mass is 16.2. The summed E-state index contributed by atoms with van der Waals surface area (Å²) in [5.74, 6) is 0.941. The van der Waals surface area contributed by atoms with Crippen molar-refractivity contribution in [1.82, 2.24) is 14.6 Å². The van der Waals surface area contributed by atoms with Gasteiger partial charge in [0.05, 0.1) is 5.52 Å². The maximum atomic E-state index is 12.9. The van der Waals surface area contributed by atoms with Gasteiger partial charge in [-0.25, -0.2) is 4.79 Å². The van der Waals surface area contributed by atoms with Crippen LogP contribution in [0.15, 0.2) is 44.5 Å². The van der Waals surface area contributed by atoms with Gasteiger partial charge in [-0.1, -0.05) is 37.1 Å². The second-order valence-corrected chi connectivity index (χ2v) is 7.87. The summed E-state index contributed by atoms with van der Waals surface area (Å²) in [4.78, 5) is 31.3. The molecular weight excluding hydrogens is 340 g/mol. The van der Waals surface area contributed by atoms with Gasteiger partial charge in [-0.3, -0.25) is 4.79 Å². The Morgan fingerprint density at radius 1 is 1.15 bits per heavy atom. The zero-order valence-electron chi connectivity index (χ0n) is 16.0. The second-order valence-electron chi connectivity index (χ2n) is 7.87. The van der Waals surface area contributed by atoms with Gasteiger partial charge in [0.1, 0.15) is 5.52 Å². The third-order valence-corrected chi connectivity index (χ3v) is 5.59. The third-order valence-electron chi connectivity index (χ3n) is 5.59. The number of aryl methyl sites for hydroxylation is 1. The molecule has 2 heterocycles. The lowest BCUT2D eigenvalue weighted by molar-refractivity contribution is 0.361. The Balaban J connectivity index is 1.82. The molecule has 140 valence electrons. The Morgan fingerprint density at radius 2 is 1.93 bits per heavy atom. The van der Waals surface area contributed by atoms with Crippen LogP contribution in [0.1, 0.15) is 32.8 Å². The van der Waals surface area contributed by atoms with Crippen LogP contribution in [0.3, 0.4) is 0 Å². The van der Waals surface area contributed by atoms with E-state index in [0.717, 1.165) is 27.6 Å². The summed E-state index contributed by atoms with van der Waals surface area (Å²) in [6, 6.07) is 5.83. The minimum absolute atomic E-state index is 0.195. The van der Waals surface area contributed by atoms with Gasteiger partial charge < -0.3 is 9.97 Å². The topological polar surface area (TPSA) is 83.0 Å². The van der Waals surface area contributed by atoms with Crippen LogP contribution in [0.25, 0.3) is 21.9 Å². The molecule has 3 aromatic rings. The Labute approximate surface area is 156 Å². The van der Waals surface area contributed by atoms with E-state index in [2.05, 4.69) is 41.9 Å². The highest BCUT2D eigenvalue weighted by Crippen LogP contribution is 2.32. The number of nitrogens with zero attached hydrogens (tertiary/aromatic N) is 2. The largest absolute Gasteiger partial charge is 0.350 e. The Morgan fingerprint density at radius 3 is 2.67 bits per heavy atom. The van der Waals surface area contributed by atoms with Crippen LogP contribution < -0.4 is 11.2 Å². The Bertz CT molecular complexity index is 1210. The number of benzene rings is 1. The molecule has 0 fully saturated rings. The van der Waals surface area contributed by atoms with Crippen molar-refractivity contribution in [1.29, 1.82) is 0 Å². The lowest BCUT2D eigenvalue weighted by Crippen LogP contribution is -2.33. The standard InChI is InChI=1S/C21H24N4O2/c1-11-5-6-17-15(9-11)18-19(23-17)20(26)25(21(27)24-18)22-10-16-13(3)7-12(2)8-14(16)4/h5-7,9-10,13-14,16,23H,8H2,1-4H3,(H,24,27)/b22-10-/t13-,14-,16+/m1/s1. The number of hydrogen-bond donors (Lipinski definition) is 2. The molecule has 1 aliphatic rings. The number of aromatic amines is 2. The van der Waals surface area contributed by atoms with Crippen molar-refractivity contribution < 1.29 is 0 Å². The predicted octanol–water partition coefficient (Wildman–Crippen LogP) is 3.55. The van der Waals surface area contributed by atoms with E-state index in [4.69, 9.17) is 0 Å². The summed E-state index contributed by atoms with van der Waals surface area (Å²) in [5.41, 5.74) is 3.22. The lowest BCUT2D eigenvalue weighted by atomic mass is 9.76. The first-order chi connectivity index (χ1) is 12.8. The van der Waals surface area contributed by atoms with Crippen molar-refractivity contribution >= 4 is 28.2 Å². The number of aromatic nitrogens is 3. The van der Waals surface area contributed by atoms with Crippen molar-refractivity contribution in [2.24, 2.45) is 22.9 Å². The molecule has 0 bridgehead atoms. The zero-order valence-corrected chi connectivity index (χ0v) is 16.0. The molecule has 6 nitrogen and oxygen atoms in total. The fraction of sp³-hybridized carbons (Fsp3) is 0.381. The summed E-state index contributed by atoms with van der Waals surface area (Å²) in [5, 5.41) is 5.12. The molecular formula is C21H24N4O2. The number of H-pyrrole nitrogens is 2. The minimum atomic E-state index is -0.519. The molecule has 0 spiro atoms.